The molecule has 1 heterocycles. The molecule has 0 spiro atoms. The molecule has 2 N–H and O–H groups in total. The summed E-state index contributed by atoms with van der Waals surface area (Å²) in [4.78, 5) is 6.51. The van der Waals surface area contributed by atoms with Crippen molar-refractivity contribution in [2.75, 3.05) is 19.6 Å². The highest BCUT2D eigenvalue weighted by atomic mass is 127. The van der Waals surface area contributed by atoms with Crippen LogP contribution >= 0.6 is 24.0 Å². The predicted molar refractivity (Wildman–Crippen MR) is 115 cm³/mol. The van der Waals surface area contributed by atoms with Gasteiger partial charge in [-0.1, -0.05) is 30.3 Å². The monoisotopic (exact) mass is 498 g/mol. The van der Waals surface area contributed by atoms with Gasteiger partial charge in [0.05, 0.1) is 13.0 Å². The molecule has 1 aromatic carbocycles. The number of likely N-dealkylation sites (tertiary alicyclic amines) is 1. The topological polar surface area (TPSA) is 39.7 Å². The van der Waals surface area contributed by atoms with Crippen molar-refractivity contribution < 1.29 is 13.2 Å². The maximum Gasteiger partial charge on any atom is 0.390 e. The van der Waals surface area contributed by atoms with E-state index in [0.717, 1.165) is 25.9 Å². The molecule has 0 aromatic heterocycles. The Morgan fingerprint density at radius 3 is 2.56 bits per heavy atom. The number of benzene rings is 1. The molecule has 27 heavy (non-hydrogen) atoms. The highest BCUT2D eigenvalue weighted by molar-refractivity contribution is 14.0. The molecular weight excluding hydrogens is 468 g/mol. The van der Waals surface area contributed by atoms with Crippen molar-refractivity contribution in [1.29, 1.82) is 0 Å². The zero-order chi connectivity index (χ0) is 19.0. The molecule has 0 aliphatic carbocycles. The van der Waals surface area contributed by atoms with Crippen LogP contribution in [0.25, 0.3) is 0 Å². The van der Waals surface area contributed by atoms with Crippen molar-refractivity contribution in [2.24, 2.45) is 4.99 Å². The third-order valence-electron chi connectivity index (χ3n) is 4.59. The van der Waals surface area contributed by atoms with E-state index < -0.39 is 12.6 Å². The minimum atomic E-state index is -4.17. The van der Waals surface area contributed by atoms with Gasteiger partial charge in [0.25, 0.3) is 0 Å². The van der Waals surface area contributed by atoms with Gasteiger partial charge >= 0.3 is 6.18 Å². The Morgan fingerprint density at radius 2 is 1.96 bits per heavy atom. The van der Waals surface area contributed by atoms with Gasteiger partial charge in [0, 0.05) is 31.7 Å². The Balaban J connectivity index is 0.00000364. The van der Waals surface area contributed by atoms with Crippen LogP contribution in [0.2, 0.25) is 0 Å². The Labute approximate surface area is 177 Å². The summed E-state index contributed by atoms with van der Waals surface area (Å²) in [5, 5.41) is 6.34. The zero-order valence-electron chi connectivity index (χ0n) is 15.9. The van der Waals surface area contributed by atoms with Crippen LogP contribution in [0.4, 0.5) is 13.2 Å². The lowest BCUT2D eigenvalue weighted by molar-refractivity contribution is -0.132. The Kier molecular flexibility index (Phi) is 10.4. The van der Waals surface area contributed by atoms with Gasteiger partial charge < -0.3 is 10.6 Å². The van der Waals surface area contributed by atoms with E-state index in [4.69, 9.17) is 0 Å². The van der Waals surface area contributed by atoms with E-state index in [9.17, 15) is 13.2 Å². The van der Waals surface area contributed by atoms with Crippen molar-refractivity contribution in [3.8, 4) is 0 Å². The largest absolute Gasteiger partial charge is 0.390 e. The number of aliphatic imine (C=N–C) groups is 1. The summed E-state index contributed by atoms with van der Waals surface area (Å²) in [5.41, 5.74) is 1.30. The normalized spacial score (nSPS) is 21.4. The fourth-order valence-electron chi connectivity index (χ4n) is 3.21. The first-order valence-electron chi connectivity index (χ1n) is 9.27. The van der Waals surface area contributed by atoms with Crippen molar-refractivity contribution in [2.45, 2.75) is 57.9 Å². The number of nitrogens with one attached hydrogen (secondary N) is 2. The van der Waals surface area contributed by atoms with Crippen LogP contribution < -0.4 is 10.6 Å². The highest BCUT2D eigenvalue weighted by Gasteiger charge is 2.27. The van der Waals surface area contributed by atoms with E-state index in [1.165, 1.54) is 5.56 Å². The SMILES string of the molecule is CCNC(=NCCC(F)(F)F)NC1CCN(Cc2ccccc2)C(C)C1.I. The molecule has 0 radical (unpaired) electrons. The van der Waals surface area contributed by atoms with E-state index in [0.29, 0.717) is 18.5 Å². The minimum Gasteiger partial charge on any atom is -0.357 e. The fraction of sp³-hybridized carbons (Fsp3) is 0.632. The number of hydrogen-bond donors (Lipinski definition) is 2. The molecule has 0 amide bonds. The molecule has 1 fully saturated rings. The van der Waals surface area contributed by atoms with Gasteiger partial charge in [-0.2, -0.15) is 13.2 Å². The van der Waals surface area contributed by atoms with Gasteiger partial charge in [0.1, 0.15) is 0 Å². The Bertz CT molecular complexity index is 566. The van der Waals surface area contributed by atoms with Crippen LogP contribution in [0, 0.1) is 0 Å². The van der Waals surface area contributed by atoms with E-state index in [1.807, 2.05) is 13.0 Å². The highest BCUT2D eigenvalue weighted by Crippen LogP contribution is 2.20. The molecular formula is C19H30F3IN4. The first-order chi connectivity index (χ1) is 12.4. The van der Waals surface area contributed by atoms with Gasteiger partial charge in [-0.15, -0.1) is 24.0 Å². The summed E-state index contributed by atoms with van der Waals surface area (Å²) in [6, 6.07) is 11.0. The number of rotatable bonds is 6. The first kappa shape index (κ1) is 24.0. The van der Waals surface area contributed by atoms with Gasteiger partial charge in [0.2, 0.25) is 0 Å². The van der Waals surface area contributed by atoms with E-state index in [1.54, 1.807) is 0 Å². The quantitative estimate of drug-likeness (QED) is 0.352. The van der Waals surface area contributed by atoms with Gasteiger partial charge in [-0.05, 0) is 32.3 Å². The van der Waals surface area contributed by atoms with Crippen molar-refractivity contribution in [1.82, 2.24) is 15.5 Å². The zero-order valence-corrected chi connectivity index (χ0v) is 18.3. The molecule has 1 saturated heterocycles. The standard InChI is InChI=1S/C19H29F3N4.HI/c1-3-23-18(24-11-10-19(20,21)22)25-17-9-12-26(15(2)13-17)14-16-7-5-4-6-8-16;/h4-8,15,17H,3,9-14H2,1-2H3,(H2,23,24,25);1H. The van der Waals surface area contributed by atoms with Gasteiger partial charge in [0.15, 0.2) is 5.96 Å². The van der Waals surface area contributed by atoms with E-state index in [-0.39, 0.29) is 36.6 Å². The third-order valence-corrected chi connectivity index (χ3v) is 4.59. The summed E-state index contributed by atoms with van der Waals surface area (Å²) in [6.45, 7) is 6.36. The minimum absolute atomic E-state index is 0. The van der Waals surface area contributed by atoms with Crippen LogP contribution in [0.15, 0.2) is 35.3 Å². The van der Waals surface area contributed by atoms with Crippen molar-refractivity contribution >= 4 is 29.9 Å². The van der Waals surface area contributed by atoms with Gasteiger partial charge in [-0.25, -0.2) is 0 Å². The number of alkyl halides is 3. The molecule has 1 aliphatic rings. The molecule has 1 aromatic rings. The summed E-state index contributed by atoms with van der Waals surface area (Å²) in [7, 11) is 0. The summed E-state index contributed by atoms with van der Waals surface area (Å²) >= 11 is 0. The lowest BCUT2D eigenvalue weighted by Crippen LogP contribution is -2.51. The van der Waals surface area contributed by atoms with E-state index in [2.05, 4.69) is 51.7 Å². The number of guanidine groups is 1. The van der Waals surface area contributed by atoms with E-state index >= 15 is 0 Å². The number of hydrogen-bond acceptors (Lipinski definition) is 2. The van der Waals surface area contributed by atoms with Crippen LogP contribution in [0.5, 0.6) is 0 Å². The maximum absolute atomic E-state index is 12.3. The summed E-state index contributed by atoms with van der Waals surface area (Å²) in [5.74, 6) is 0.477. The Hall–Kier alpha value is -1.03. The smallest absolute Gasteiger partial charge is 0.357 e. The molecule has 2 atom stereocenters. The molecule has 8 heteroatoms. The number of halogens is 4. The van der Waals surface area contributed by atoms with Crippen LogP contribution in [-0.4, -0.2) is 48.8 Å². The second kappa shape index (κ2) is 11.7. The second-order valence-corrected chi connectivity index (χ2v) is 6.80. The number of nitrogens with zero attached hydrogens (tertiary/aromatic N) is 2. The fourth-order valence-corrected chi connectivity index (χ4v) is 3.21. The van der Waals surface area contributed by atoms with Crippen molar-refractivity contribution in [3.05, 3.63) is 35.9 Å². The average molecular weight is 498 g/mol. The molecule has 154 valence electrons. The predicted octanol–water partition coefficient (Wildman–Crippen LogP) is 4.17. The molecule has 0 bridgehead atoms. The third kappa shape index (κ3) is 9.14. The first-order valence-corrected chi connectivity index (χ1v) is 9.27. The Morgan fingerprint density at radius 1 is 1.26 bits per heavy atom. The van der Waals surface area contributed by atoms with Crippen LogP contribution in [0.1, 0.15) is 38.7 Å². The van der Waals surface area contributed by atoms with Crippen LogP contribution in [-0.2, 0) is 6.54 Å². The molecule has 2 unspecified atom stereocenters. The molecule has 4 nitrogen and oxygen atoms in total. The second-order valence-electron chi connectivity index (χ2n) is 6.80. The summed E-state index contributed by atoms with van der Waals surface area (Å²) in [6.07, 6.45) is -3.18. The van der Waals surface area contributed by atoms with Gasteiger partial charge in [-0.3, -0.25) is 9.89 Å². The lowest BCUT2D eigenvalue weighted by atomic mass is 9.97. The average Bonchev–Trinajstić information content (AvgIpc) is 2.57. The maximum atomic E-state index is 12.3. The number of piperidine rings is 1. The molecule has 2 rings (SSSR count). The summed E-state index contributed by atoms with van der Waals surface area (Å²) < 4.78 is 36.9. The van der Waals surface area contributed by atoms with Crippen LogP contribution in [0.3, 0.4) is 0 Å². The lowest BCUT2D eigenvalue weighted by Gasteiger charge is -2.38. The molecule has 0 saturated carbocycles. The van der Waals surface area contributed by atoms with Crippen molar-refractivity contribution in [3.63, 3.8) is 0 Å². The molecule has 1 aliphatic heterocycles.